The highest BCUT2D eigenvalue weighted by Crippen LogP contribution is 2.45. The zero-order valence-corrected chi connectivity index (χ0v) is 11.9. The fourth-order valence-electron chi connectivity index (χ4n) is 3.19. The molecule has 2 aliphatic rings. The lowest BCUT2D eigenvalue weighted by Crippen LogP contribution is -2.26. The van der Waals surface area contributed by atoms with E-state index in [0.29, 0.717) is 18.8 Å². The Morgan fingerprint density at radius 2 is 1.77 bits per heavy atom. The Morgan fingerprint density at radius 1 is 1.05 bits per heavy atom. The van der Waals surface area contributed by atoms with Crippen molar-refractivity contribution in [3.63, 3.8) is 0 Å². The van der Waals surface area contributed by atoms with Gasteiger partial charge in [-0.25, -0.2) is 4.79 Å². The monoisotopic (exact) mass is 293 g/mol. The van der Waals surface area contributed by atoms with Gasteiger partial charge in [0, 0.05) is 5.57 Å². The quantitative estimate of drug-likeness (QED) is 0.926. The molecule has 1 aliphatic carbocycles. The van der Waals surface area contributed by atoms with E-state index in [9.17, 15) is 9.90 Å². The highest BCUT2D eigenvalue weighted by Gasteiger charge is 2.38. The zero-order chi connectivity index (χ0) is 15.1. The Morgan fingerprint density at radius 3 is 2.50 bits per heavy atom. The van der Waals surface area contributed by atoms with Gasteiger partial charge in [-0.3, -0.25) is 4.90 Å². The number of aliphatic hydroxyl groups excluding tert-OH is 1. The average molecular weight is 293 g/mol. The molecule has 110 valence electrons. The fraction of sp³-hybridized carbons (Fsp3) is 0.167. The normalized spacial score (nSPS) is 20.3. The van der Waals surface area contributed by atoms with E-state index in [1.165, 1.54) is 0 Å². The molecule has 0 radical (unpaired) electrons. The van der Waals surface area contributed by atoms with Gasteiger partial charge < -0.3 is 9.84 Å². The summed E-state index contributed by atoms with van der Waals surface area (Å²) in [5, 5.41) is 10.7. The van der Waals surface area contributed by atoms with Crippen LogP contribution in [0.25, 0.3) is 5.57 Å². The van der Waals surface area contributed by atoms with Crippen molar-refractivity contribution in [1.82, 2.24) is 4.90 Å². The minimum atomic E-state index is -0.808. The summed E-state index contributed by atoms with van der Waals surface area (Å²) in [4.78, 5) is 13.5. The van der Waals surface area contributed by atoms with Crippen molar-refractivity contribution in [2.45, 2.75) is 6.10 Å². The van der Waals surface area contributed by atoms with Gasteiger partial charge in [0.25, 0.3) is 0 Å². The molecule has 1 saturated heterocycles. The highest BCUT2D eigenvalue weighted by molar-refractivity contribution is 5.90. The third-order valence-corrected chi connectivity index (χ3v) is 4.15. The van der Waals surface area contributed by atoms with E-state index in [4.69, 9.17) is 4.74 Å². The van der Waals surface area contributed by atoms with Crippen LogP contribution in [0.3, 0.4) is 0 Å². The first-order chi connectivity index (χ1) is 10.8. The molecular weight excluding hydrogens is 278 g/mol. The molecule has 0 bridgehead atoms. The van der Waals surface area contributed by atoms with Crippen molar-refractivity contribution < 1.29 is 14.6 Å². The Hall–Kier alpha value is -2.59. The van der Waals surface area contributed by atoms with Gasteiger partial charge in [0.15, 0.2) is 0 Å². The lowest BCUT2D eigenvalue weighted by molar-refractivity contribution is 0.148. The first-order valence-electron chi connectivity index (χ1n) is 7.28. The van der Waals surface area contributed by atoms with Crippen molar-refractivity contribution >= 4 is 11.7 Å². The van der Waals surface area contributed by atoms with Crippen LogP contribution in [-0.4, -0.2) is 29.3 Å². The minimum Gasteiger partial charge on any atom is -0.447 e. The van der Waals surface area contributed by atoms with E-state index >= 15 is 0 Å². The lowest BCUT2D eigenvalue weighted by atomic mass is 9.99. The molecule has 2 aromatic rings. The predicted octanol–water partition coefficient (Wildman–Crippen LogP) is 2.95. The number of carbonyl (C=O) groups excluding carboxylic acids is 1. The second kappa shape index (κ2) is 5.00. The molecule has 1 atom stereocenters. The van der Waals surface area contributed by atoms with Crippen LogP contribution in [0.4, 0.5) is 4.79 Å². The molecule has 1 N–H and O–H groups in total. The summed E-state index contributed by atoms with van der Waals surface area (Å²) in [5.74, 6) is 0. The Bertz CT molecular complexity index is 767. The molecule has 1 unspecified atom stereocenters. The number of amides is 1. The predicted molar refractivity (Wildman–Crippen MR) is 81.9 cm³/mol. The molecule has 1 heterocycles. The van der Waals surface area contributed by atoms with Crippen molar-refractivity contribution in [3.8, 4) is 0 Å². The molecule has 1 aliphatic heterocycles. The lowest BCUT2D eigenvalue weighted by Gasteiger charge is -2.20. The number of rotatable bonds is 2. The van der Waals surface area contributed by atoms with Crippen molar-refractivity contribution in [3.05, 3.63) is 77.0 Å². The van der Waals surface area contributed by atoms with Gasteiger partial charge in [0.1, 0.15) is 12.7 Å². The number of cyclic esters (lactones) is 1. The van der Waals surface area contributed by atoms with Gasteiger partial charge in [0.05, 0.1) is 12.2 Å². The number of hydrogen-bond donors (Lipinski definition) is 1. The molecule has 0 aromatic heterocycles. The van der Waals surface area contributed by atoms with Crippen LogP contribution >= 0.6 is 0 Å². The summed E-state index contributed by atoms with van der Waals surface area (Å²) in [5.41, 5.74) is 4.31. The standard InChI is InChI=1S/C18H15NO3/c20-17-14-9-5-4-8-13(14)15(12-6-2-1-3-7-12)16(17)19-10-11-22-18(19)21/h1-9,17,20H,10-11H2. The molecule has 1 amide bonds. The molecule has 4 nitrogen and oxygen atoms in total. The van der Waals surface area contributed by atoms with E-state index in [-0.39, 0.29) is 0 Å². The number of nitrogens with zero attached hydrogens (tertiary/aromatic N) is 1. The summed E-state index contributed by atoms with van der Waals surface area (Å²) in [6.07, 6.45) is -1.20. The average Bonchev–Trinajstić information content (AvgIpc) is 3.10. The van der Waals surface area contributed by atoms with Crippen molar-refractivity contribution in [2.24, 2.45) is 0 Å². The maximum atomic E-state index is 12.0. The van der Waals surface area contributed by atoms with Crippen LogP contribution in [0.15, 0.2) is 60.3 Å². The second-order valence-electron chi connectivity index (χ2n) is 5.38. The number of aliphatic hydroxyl groups is 1. The van der Waals surface area contributed by atoms with E-state index in [2.05, 4.69) is 0 Å². The summed E-state index contributed by atoms with van der Waals surface area (Å²) >= 11 is 0. The smallest absolute Gasteiger partial charge is 0.414 e. The molecule has 22 heavy (non-hydrogen) atoms. The van der Waals surface area contributed by atoms with E-state index in [0.717, 1.165) is 22.3 Å². The molecule has 0 spiro atoms. The first-order valence-corrected chi connectivity index (χ1v) is 7.28. The fourth-order valence-corrected chi connectivity index (χ4v) is 3.19. The van der Waals surface area contributed by atoms with Gasteiger partial charge in [0.2, 0.25) is 0 Å². The minimum absolute atomic E-state index is 0.355. The number of carbonyl (C=O) groups is 1. The maximum Gasteiger partial charge on any atom is 0.414 e. The van der Waals surface area contributed by atoms with Gasteiger partial charge in [-0.2, -0.15) is 0 Å². The number of ether oxygens (including phenoxy) is 1. The third kappa shape index (κ3) is 1.84. The topological polar surface area (TPSA) is 49.8 Å². The van der Waals surface area contributed by atoms with E-state index < -0.39 is 12.2 Å². The van der Waals surface area contributed by atoms with E-state index in [1.54, 1.807) is 4.90 Å². The number of benzene rings is 2. The van der Waals surface area contributed by atoms with Crippen LogP contribution in [0, 0.1) is 0 Å². The zero-order valence-electron chi connectivity index (χ0n) is 11.9. The number of fused-ring (bicyclic) bond motifs is 1. The summed E-state index contributed by atoms with van der Waals surface area (Å²) in [7, 11) is 0. The van der Waals surface area contributed by atoms with Gasteiger partial charge in [-0.05, 0) is 16.7 Å². The molecule has 1 fully saturated rings. The molecule has 4 heteroatoms. The van der Waals surface area contributed by atoms with Gasteiger partial charge in [-0.1, -0.05) is 54.6 Å². The largest absolute Gasteiger partial charge is 0.447 e. The molecule has 4 rings (SSSR count). The van der Waals surface area contributed by atoms with Crippen molar-refractivity contribution in [1.29, 1.82) is 0 Å². The van der Waals surface area contributed by atoms with Crippen LogP contribution in [0.1, 0.15) is 22.8 Å². The van der Waals surface area contributed by atoms with Crippen LogP contribution < -0.4 is 0 Å². The van der Waals surface area contributed by atoms with Gasteiger partial charge >= 0.3 is 6.09 Å². The van der Waals surface area contributed by atoms with E-state index in [1.807, 2.05) is 54.6 Å². The molecule has 2 aromatic carbocycles. The third-order valence-electron chi connectivity index (χ3n) is 4.15. The summed E-state index contributed by atoms with van der Waals surface area (Å²) in [6.45, 7) is 0.822. The van der Waals surface area contributed by atoms with Crippen LogP contribution in [0.5, 0.6) is 0 Å². The highest BCUT2D eigenvalue weighted by atomic mass is 16.6. The van der Waals surface area contributed by atoms with Crippen molar-refractivity contribution in [2.75, 3.05) is 13.2 Å². The molecular formula is C18H15NO3. The van der Waals surface area contributed by atoms with Gasteiger partial charge in [-0.15, -0.1) is 0 Å². The molecule has 0 saturated carbocycles. The Kier molecular flexibility index (Phi) is 2.98. The number of hydrogen-bond acceptors (Lipinski definition) is 3. The summed E-state index contributed by atoms with van der Waals surface area (Å²) in [6, 6.07) is 17.6. The van der Waals surface area contributed by atoms with Crippen LogP contribution in [0.2, 0.25) is 0 Å². The maximum absolute atomic E-state index is 12.0. The summed E-state index contributed by atoms with van der Waals surface area (Å²) < 4.78 is 5.05. The second-order valence-corrected chi connectivity index (χ2v) is 5.38. The van der Waals surface area contributed by atoms with Crippen LogP contribution in [-0.2, 0) is 4.74 Å². The Balaban J connectivity index is 1.96. The SMILES string of the molecule is O=C1OCCN1C1=C(c2ccccc2)c2ccccc2C1O. The first kappa shape index (κ1) is 13.1. The Labute approximate surface area is 128 Å².